The summed E-state index contributed by atoms with van der Waals surface area (Å²) in [5.41, 5.74) is 0.963. The van der Waals surface area contributed by atoms with Crippen molar-refractivity contribution in [3.05, 3.63) is 24.3 Å². The number of hydrogen-bond donors (Lipinski definition) is 2. The first kappa shape index (κ1) is 13.8. The topological polar surface area (TPSA) is 33.3 Å². The summed E-state index contributed by atoms with van der Waals surface area (Å²) in [4.78, 5) is 0. The predicted octanol–water partition coefficient (Wildman–Crippen LogP) is 3.17. The fourth-order valence-corrected chi connectivity index (χ4v) is 1.49. The predicted molar refractivity (Wildman–Crippen MR) is 76.7 cm³/mol. The summed E-state index contributed by atoms with van der Waals surface area (Å²) in [6.07, 6.45) is 3.55. The van der Waals surface area contributed by atoms with Gasteiger partial charge in [0.1, 0.15) is 5.75 Å². The number of nitrogens with one attached hydrogen (secondary N) is 2. The minimum atomic E-state index is 0.613. The van der Waals surface area contributed by atoms with Crippen molar-refractivity contribution in [3.8, 4) is 5.75 Å². The van der Waals surface area contributed by atoms with Gasteiger partial charge in [0.2, 0.25) is 0 Å². The van der Waals surface area contributed by atoms with Crippen LogP contribution in [0.4, 0.5) is 5.69 Å². The van der Waals surface area contributed by atoms with Crippen LogP contribution in [0, 0.1) is 0 Å². The van der Waals surface area contributed by atoms with Crippen LogP contribution in [0.1, 0.15) is 26.2 Å². The molecule has 4 heteroatoms. The van der Waals surface area contributed by atoms with Crippen LogP contribution in [0.25, 0.3) is 0 Å². The lowest BCUT2D eigenvalue weighted by Crippen LogP contribution is -2.23. The molecule has 0 spiro atoms. The molecule has 0 aromatic heterocycles. The highest BCUT2D eigenvalue weighted by molar-refractivity contribution is 7.80. The van der Waals surface area contributed by atoms with E-state index in [4.69, 9.17) is 17.0 Å². The highest BCUT2D eigenvalue weighted by Gasteiger charge is 1.97. The van der Waals surface area contributed by atoms with Crippen molar-refractivity contribution in [2.45, 2.75) is 26.2 Å². The molecule has 0 atom stereocenters. The molecule has 0 saturated heterocycles. The van der Waals surface area contributed by atoms with Crippen molar-refractivity contribution >= 4 is 23.0 Å². The third kappa shape index (κ3) is 5.54. The Labute approximate surface area is 109 Å². The van der Waals surface area contributed by atoms with Gasteiger partial charge < -0.3 is 15.4 Å². The van der Waals surface area contributed by atoms with E-state index >= 15 is 0 Å². The lowest BCUT2D eigenvalue weighted by Gasteiger charge is -2.09. The van der Waals surface area contributed by atoms with Gasteiger partial charge in [-0.25, -0.2) is 0 Å². The molecule has 0 aliphatic heterocycles. The van der Waals surface area contributed by atoms with Gasteiger partial charge in [0.25, 0.3) is 0 Å². The Balaban J connectivity index is 2.36. The molecular formula is C13H20N2OS. The molecule has 3 nitrogen and oxygen atoms in total. The van der Waals surface area contributed by atoms with Crippen molar-refractivity contribution in [1.82, 2.24) is 5.32 Å². The number of unbranched alkanes of at least 4 members (excludes halogenated alkanes) is 2. The van der Waals surface area contributed by atoms with E-state index in [1.807, 2.05) is 24.3 Å². The summed E-state index contributed by atoms with van der Waals surface area (Å²) in [6.45, 7) is 2.97. The Morgan fingerprint density at radius 2 is 1.94 bits per heavy atom. The zero-order valence-corrected chi connectivity index (χ0v) is 11.3. The zero-order chi connectivity index (χ0) is 12.5. The SMILES string of the molecule is CCCCCOc1ccc(NC(=S)NC)cc1. The third-order valence-corrected chi connectivity index (χ3v) is 2.66. The quantitative estimate of drug-likeness (QED) is 0.602. The smallest absolute Gasteiger partial charge is 0.170 e. The van der Waals surface area contributed by atoms with Crippen molar-refractivity contribution in [2.75, 3.05) is 19.0 Å². The van der Waals surface area contributed by atoms with Crippen LogP contribution in [0.3, 0.4) is 0 Å². The Bertz CT molecular complexity index is 338. The van der Waals surface area contributed by atoms with Crippen molar-refractivity contribution in [3.63, 3.8) is 0 Å². The largest absolute Gasteiger partial charge is 0.494 e. The minimum absolute atomic E-state index is 0.613. The van der Waals surface area contributed by atoms with E-state index in [2.05, 4.69) is 17.6 Å². The molecule has 0 fully saturated rings. The monoisotopic (exact) mass is 252 g/mol. The van der Waals surface area contributed by atoms with Gasteiger partial charge in [0.15, 0.2) is 5.11 Å². The van der Waals surface area contributed by atoms with E-state index < -0.39 is 0 Å². The van der Waals surface area contributed by atoms with Crippen molar-refractivity contribution in [2.24, 2.45) is 0 Å². The molecule has 0 radical (unpaired) electrons. The van der Waals surface area contributed by atoms with Crippen LogP contribution in [0.5, 0.6) is 5.75 Å². The maximum absolute atomic E-state index is 5.62. The standard InChI is InChI=1S/C13H20N2OS/c1-3-4-5-10-16-12-8-6-11(7-9-12)15-13(17)14-2/h6-9H,3-5,10H2,1-2H3,(H2,14,15,17). The molecule has 0 saturated carbocycles. The second-order valence-corrected chi connectivity index (χ2v) is 4.19. The Hall–Kier alpha value is -1.29. The van der Waals surface area contributed by atoms with E-state index in [9.17, 15) is 0 Å². The summed E-state index contributed by atoms with van der Waals surface area (Å²) in [5.74, 6) is 0.905. The van der Waals surface area contributed by atoms with Gasteiger partial charge >= 0.3 is 0 Å². The Kier molecular flexibility index (Phi) is 6.40. The van der Waals surface area contributed by atoms with E-state index in [-0.39, 0.29) is 0 Å². The molecule has 0 unspecified atom stereocenters. The molecule has 0 amide bonds. The molecule has 17 heavy (non-hydrogen) atoms. The summed E-state index contributed by atoms with van der Waals surface area (Å²) >= 11 is 5.02. The molecule has 94 valence electrons. The van der Waals surface area contributed by atoms with Gasteiger partial charge in [0, 0.05) is 12.7 Å². The number of rotatable bonds is 6. The van der Waals surface area contributed by atoms with Gasteiger partial charge in [-0.05, 0) is 42.9 Å². The average molecular weight is 252 g/mol. The van der Waals surface area contributed by atoms with Gasteiger partial charge in [0.05, 0.1) is 6.61 Å². The lowest BCUT2D eigenvalue weighted by molar-refractivity contribution is 0.306. The molecule has 1 aromatic rings. The second-order valence-electron chi connectivity index (χ2n) is 3.78. The Morgan fingerprint density at radius 1 is 1.24 bits per heavy atom. The second kappa shape index (κ2) is 7.90. The van der Waals surface area contributed by atoms with Crippen LogP contribution in [-0.4, -0.2) is 18.8 Å². The molecule has 1 aromatic carbocycles. The fourth-order valence-electron chi connectivity index (χ4n) is 1.37. The van der Waals surface area contributed by atoms with Crippen LogP contribution >= 0.6 is 12.2 Å². The van der Waals surface area contributed by atoms with Gasteiger partial charge in [-0.3, -0.25) is 0 Å². The molecule has 0 bridgehead atoms. The lowest BCUT2D eigenvalue weighted by atomic mass is 10.2. The third-order valence-electron chi connectivity index (χ3n) is 2.36. The zero-order valence-electron chi connectivity index (χ0n) is 10.5. The van der Waals surface area contributed by atoms with Crippen molar-refractivity contribution < 1.29 is 4.74 Å². The summed E-state index contributed by atoms with van der Waals surface area (Å²) in [6, 6.07) is 7.82. The summed E-state index contributed by atoms with van der Waals surface area (Å²) in [7, 11) is 1.79. The molecular weight excluding hydrogens is 232 g/mol. The Morgan fingerprint density at radius 3 is 2.53 bits per heavy atom. The van der Waals surface area contributed by atoms with Gasteiger partial charge in [-0.15, -0.1) is 0 Å². The molecule has 0 aliphatic carbocycles. The van der Waals surface area contributed by atoms with Crippen LogP contribution in [0.2, 0.25) is 0 Å². The van der Waals surface area contributed by atoms with Gasteiger partial charge in [-0.2, -0.15) is 0 Å². The van der Waals surface area contributed by atoms with Crippen molar-refractivity contribution in [1.29, 1.82) is 0 Å². The van der Waals surface area contributed by atoms with E-state index in [1.54, 1.807) is 7.05 Å². The first-order valence-corrected chi connectivity index (χ1v) is 6.38. The average Bonchev–Trinajstić information content (AvgIpc) is 2.36. The summed E-state index contributed by atoms with van der Waals surface area (Å²) < 4.78 is 5.62. The number of anilines is 1. The molecule has 2 N–H and O–H groups in total. The van der Waals surface area contributed by atoms with Gasteiger partial charge in [-0.1, -0.05) is 19.8 Å². The maximum atomic E-state index is 5.62. The van der Waals surface area contributed by atoms with E-state index in [0.29, 0.717) is 5.11 Å². The highest BCUT2D eigenvalue weighted by atomic mass is 32.1. The normalized spacial score (nSPS) is 9.76. The number of hydrogen-bond acceptors (Lipinski definition) is 2. The number of thiocarbonyl (C=S) groups is 1. The van der Waals surface area contributed by atoms with Crippen LogP contribution in [-0.2, 0) is 0 Å². The fraction of sp³-hybridized carbons (Fsp3) is 0.462. The summed E-state index contributed by atoms with van der Waals surface area (Å²) in [5, 5.41) is 6.54. The highest BCUT2D eigenvalue weighted by Crippen LogP contribution is 2.16. The van der Waals surface area contributed by atoms with E-state index in [0.717, 1.165) is 24.5 Å². The number of ether oxygens (including phenoxy) is 1. The maximum Gasteiger partial charge on any atom is 0.170 e. The first-order valence-electron chi connectivity index (χ1n) is 5.98. The van der Waals surface area contributed by atoms with E-state index in [1.165, 1.54) is 12.8 Å². The minimum Gasteiger partial charge on any atom is -0.494 e. The molecule has 1 rings (SSSR count). The molecule has 0 aliphatic rings. The number of benzene rings is 1. The first-order chi connectivity index (χ1) is 8.26. The van der Waals surface area contributed by atoms with Crippen LogP contribution < -0.4 is 15.4 Å². The van der Waals surface area contributed by atoms with Crippen LogP contribution in [0.15, 0.2) is 24.3 Å². The molecule has 0 heterocycles.